The Morgan fingerprint density at radius 1 is 1.05 bits per heavy atom. The van der Waals surface area contributed by atoms with Crippen LogP contribution in [-0.4, -0.2) is 37.5 Å². The maximum Gasteiger partial charge on any atom is 0.147 e. The van der Waals surface area contributed by atoms with E-state index in [-0.39, 0.29) is 0 Å². The van der Waals surface area contributed by atoms with E-state index in [1.165, 1.54) is 0 Å². The molecular formula is C15H15ClN2O2. The average Bonchev–Trinajstić information content (AvgIpc) is 2.96. The van der Waals surface area contributed by atoms with Crippen molar-refractivity contribution in [2.24, 2.45) is 5.10 Å². The average molecular weight is 291 g/mol. The van der Waals surface area contributed by atoms with E-state index in [9.17, 15) is 0 Å². The second kappa shape index (κ2) is 6.11. The number of hydrazone groups is 1. The highest BCUT2D eigenvalue weighted by atomic mass is 35.5. The highest BCUT2D eigenvalue weighted by molar-refractivity contribution is 6.30. The van der Waals surface area contributed by atoms with Crippen molar-refractivity contribution in [2.75, 3.05) is 26.3 Å². The van der Waals surface area contributed by atoms with Crippen LogP contribution in [0.1, 0.15) is 5.76 Å². The van der Waals surface area contributed by atoms with Crippen molar-refractivity contribution in [2.45, 2.75) is 0 Å². The van der Waals surface area contributed by atoms with Crippen molar-refractivity contribution < 1.29 is 9.15 Å². The van der Waals surface area contributed by atoms with Crippen molar-refractivity contribution in [3.8, 4) is 11.3 Å². The number of benzene rings is 1. The number of furan rings is 1. The lowest BCUT2D eigenvalue weighted by Gasteiger charge is -2.23. The van der Waals surface area contributed by atoms with Gasteiger partial charge in [0.2, 0.25) is 0 Å². The molecule has 3 rings (SSSR count). The first-order valence-corrected chi connectivity index (χ1v) is 6.91. The number of hydrogen-bond donors (Lipinski definition) is 0. The van der Waals surface area contributed by atoms with E-state index in [0.29, 0.717) is 0 Å². The van der Waals surface area contributed by atoms with Crippen LogP contribution in [0.5, 0.6) is 0 Å². The zero-order valence-corrected chi connectivity index (χ0v) is 11.7. The van der Waals surface area contributed by atoms with Gasteiger partial charge in [0.1, 0.15) is 11.5 Å². The van der Waals surface area contributed by atoms with E-state index >= 15 is 0 Å². The summed E-state index contributed by atoms with van der Waals surface area (Å²) in [5.41, 5.74) is 1.00. The third-order valence-corrected chi connectivity index (χ3v) is 3.34. The largest absolute Gasteiger partial charge is 0.455 e. The fourth-order valence-electron chi connectivity index (χ4n) is 2.00. The van der Waals surface area contributed by atoms with Crippen LogP contribution >= 0.6 is 11.6 Å². The predicted octanol–water partition coefficient (Wildman–Crippen LogP) is 3.27. The molecule has 2 heterocycles. The minimum Gasteiger partial charge on any atom is -0.455 e. The van der Waals surface area contributed by atoms with Gasteiger partial charge in [0.05, 0.1) is 32.5 Å². The van der Waals surface area contributed by atoms with Crippen molar-refractivity contribution in [1.82, 2.24) is 5.01 Å². The summed E-state index contributed by atoms with van der Waals surface area (Å²) < 4.78 is 11.0. The van der Waals surface area contributed by atoms with Crippen molar-refractivity contribution in [3.63, 3.8) is 0 Å². The first kappa shape index (κ1) is 13.2. The summed E-state index contributed by atoms with van der Waals surface area (Å²) in [7, 11) is 0. The van der Waals surface area contributed by atoms with Gasteiger partial charge in [-0.15, -0.1) is 0 Å². The van der Waals surface area contributed by atoms with E-state index in [2.05, 4.69) is 5.10 Å². The summed E-state index contributed by atoms with van der Waals surface area (Å²) >= 11 is 5.87. The topological polar surface area (TPSA) is 38.0 Å². The molecule has 5 heteroatoms. The third kappa shape index (κ3) is 3.21. The Hall–Kier alpha value is -1.78. The molecule has 0 saturated carbocycles. The summed E-state index contributed by atoms with van der Waals surface area (Å²) in [6.45, 7) is 3.10. The fraction of sp³-hybridized carbons (Fsp3) is 0.267. The van der Waals surface area contributed by atoms with E-state index in [4.69, 9.17) is 20.8 Å². The number of ether oxygens (including phenoxy) is 1. The summed E-state index contributed by atoms with van der Waals surface area (Å²) in [5, 5.41) is 7.09. The molecule has 1 aromatic carbocycles. The van der Waals surface area contributed by atoms with E-state index in [1.807, 2.05) is 41.4 Å². The molecule has 1 aliphatic heterocycles. The Kier molecular flexibility index (Phi) is 4.04. The second-order valence-corrected chi connectivity index (χ2v) is 4.96. The first-order chi connectivity index (χ1) is 9.81. The summed E-state index contributed by atoms with van der Waals surface area (Å²) in [4.78, 5) is 0. The molecule has 0 radical (unpaired) electrons. The van der Waals surface area contributed by atoms with Crippen molar-refractivity contribution >= 4 is 17.8 Å². The van der Waals surface area contributed by atoms with Gasteiger partial charge in [0.25, 0.3) is 0 Å². The molecule has 0 amide bonds. The van der Waals surface area contributed by atoms with Crippen LogP contribution < -0.4 is 0 Å². The van der Waals surface area contributed by atoms with Gasteiger partial charge < -0.3 is 9.15 Å². The monoisotopic (exact) mass is 290 g/mol. The Labute approximate surface area is 122 Å². The minimum absolute atomic E-state index is 0.717. The molecule has 0 bridgehead atoms. The van der Waals surface area contributed by atoms with Gasteiger partial charge in [-0.3, -0.25) is 5.01 Å². The molecule has 0 unspecified atom stereocenters. The number of nitrogens with zero attached hydrogens (tertiary/aromatic N) is 2. The predicted molar refractivity (Wildman–Crippen MR) is 79.1 cm³/mol. The summed E-state index contributed by atoms with van der Waals surface area (Å²) in [6, 6.07) is 11.4. The molecule has 1 saturated heterocycles. The lowest BCUT2D eigenvalue weighted by molar-refractivity contribution is 0.0396. The molecule has 4 nitrogen and oxygen atoms in total. The quantitative estimate of drug-likeness (QED) is 0.814. The Morgan fingerprint density at radius 3 is 2.55 bits per heavy atom. The summed E-state index contributed by atoms with van der Waals surface area (Å²) in [6.07, 6.45) is 1.74. The molecule has 0 spiro atoms. The zero-order valence-electron chi connectivity index (χ0n) is 11.0. The van der Waals surface area contributed by atoms with Crippen LogP contribution in [0.4, 0.5) is 0 Å². The molecular weight excluding hydrogens is 276 g/mol. The molecule has 0 atom stereocenters. The summed E-state index contributed by atoms with van der Waals surface area (Å²) in [5.74, 6) is 1.55. The first-order valence-electron chi connectivity index (χ1n) is 6.54. The fourth-order valence-corrected chi connectivity index (χ4v) is 2.13. The van der Waals surface area contributed by atoms with Gasteiger partial charge in [0, 0.05) is 10.6 Å². The molecule has 1 aromatic heterocycles. The number of morpholine rings is 1. The Morgan fingerprint density at radius 2 is 1.80 bits per heavy atom. The maximum atomic E-state index is 5.87. The van der Waals surface area contributed by atoms with Crippen molar-refractivity contribution in [1.29, 1.82) is 0 Å². The number of rotatable bonds is 3. The highest BCUT2D eigenvalue weighted by Gasteiger charge is 2.07. The molecule has 0 N–H and O–H groups in total. The van der Waals surface area contributed by atoms with Crippen LogP contribution in [0, 0.1) is 0 Å². The maximum absolute atomic E-state index is 5.87. The van der Waals surface area contributed by atoms with E-state index < -0.39 is 0 Å². The van der Waals surface area contributed by atoms with Gasteiger partial charge in [-0.05, 0) is 36.4 Å². The van der Waals surface area contributed by atoms with Crippen LogP contribution in [-0.2, 0) is 4.74 Å². The highest BCUT2D eigenvalue weighted by Crippen LogP contribution is 2.23. The molecule has 20 heavy (non-hydrogen) atoms. The second-order valence-electron chi connectivity index (χ2n) is 4.52. The molecule has 0 aliphatic carbocycles. The molecule has 104 valence electrons. The Balaban J connectivity index is 1.70. The van der Waals surface area contributed by atoms with E-state index in [0.717, 1.165) is 48.4 Å². The number of hydrogen-bond acceptors (Lipinski definition) is 4. The van der Waals surface area contributed by atoms with Gasteiger partial charge >= 0.3 is 0 Å². The third-order valence-electron chi connectivity index (χ3n) is 3.09. The van der Waals surface area contributed by atoms with Gasteiger partial charge in [-0.1, -0.05) is 11.6 Å². The minimum atomic E-state index is 0.717. The molecule has 1 fully saturated rings. The lowest BCUT2D eigenvalue weighted by atomic mass is 10.2. The smallest absolute Gasteiger partial charge is 0.147 e. The van der Waals surface area contributed by atoms with Crippen LogP contribution in [0.25, 0.3) is 11.3 Å². The van der Waals surface area contributed by atoms with Gasteiger partial charge in [-0.25, -0.2) is 0 Å². The molecule has 2 aromatic rings. The SMILES string of the molecule is Clc1ccc(-c2ccc(/C=N/N3CCOCC3)o2)cc1. The Bertz CT molecular complexity index is 586. The van der Waals surface area contributed by atoms with Crippen LogP contribution in [0.2, 0.25) is 5.02 Å². The van der Waals surface area contributed by atoms with Crippen molar-refractivity contribution in [3.05, 3.63) is 47.2 Å². The van der Waals surface area contributed by atoms with E-state index in [1.54, 1.807) is 6.21 Å². The van der Waals surface area contributed by atoms with Gasteiger partial charge in [0.15, 0.2) is 0 Å². The number of halogens is 1. The van der Waals surface area contributed by atoms with Gasteiger partial charge in [-0.2, -0.15) is 5.10 Å². The lowest BCUT2D eigenvalue weighted by Crippen LogP contribution is -2.32. The standard InChI is InChI=1S/C15H15ClN2O2/c16-13-3-1-12(2-4-13)15-6-5-14(20-15)11-17-18-7-9-19-10-8-18/h1-6,11H,7-10H2/b17-11+. The normalized spacial score (nSPS) is 15.9. The zero-order chi connectivity index (χ0) is 13.8. The van der Waals surface area contributed by atoms with Crippen LogP contribution in [0.3, 0.4) is 0 Å². The molecule has 1 aliphatic rings. The van der Waals surface area contributed by atoms with Crippen LogP contribution in [0.15, 0.2) is 45.9 Å².